The van der Waals surface area contributed by atoms with Crippen LogP contribution in [0.5, 0.6) is 11.5 Å². The second-order valence-corrected chi connectivity index (χ2v) is 7.46. The minimum absolute atomic E-state index is 0.0112. The number of hydrogen-bond acceptors (Lipinski definition) is 4. The average molecular weight is 417 g/mol. The molecule has 29 heavy (non-hydrogen) atoms. The predicted molar refractivity (Wildman–Crippen MR) is 111 cm³/mol. The van der Waals surface area contributed by atoms with Crippen molar-refractivity contribution in [1.29, 1.82) is 0 Å². The third-order valence-corrected chi connectivity index (χ3v) is 5.34. The molecular weight excluding hydrogens is 392 g/mol. The highest BCUT2D eigenvalue weighted by atomic mass is 35.5. The van der Waals surface area contributed by atoms with Crippen LogP contribution < -0.4 is 14.8 Å². The summed E-state index contributed by atoms with van der Waals surface area (Å²) >= 11 is 5.87. The van der Waals surface area contributed by atoms with E-state index >= 15 is 0 Å². The fourth-order valence-corrected chi connectivity index (χ4v) is 3.53. The van der Waals surface area contributed by atoms with E-state index in [1.807, 2.05) is 30.3 Å². The molecule has 0 aromatic heterocycles. The third kappa shape index (κ3) is 5.41. The SMILES string of the molecule is COc1ccc(CCN2C[C@@H](C(=O)NCc3ccc(Cl)cc3)CC2=O)cc1OC. The summed E-state index contributed by atoms with van der Waals surface area (Å²) in [5.41, 5.74) is 2.02. The second-order valence-electron chi connectivity index (χ2n) is 7.02. The summed E-state index contributed by atoms with van der Waals surface area (Å²) in [6.45, 7) is 1.43. The quantitative estimate of drug-likeness (QED) is 0.718. The molecule has 2 amide bonds. The molecule has 3 rings (SSSR count). The molecule has 0 saturated carbocycles. The molecule has 1 saturated heterocycles. The van der Waals surface area contributed by atoms with Crippen LogP contribution in [0, 0.1) is 5.92 Å². The van der Waals surface area contributed by atoms with Crippen molar-refractivity contribution in [1.82, 2.24) is 10.2 Å². The molecule has 7 heteroatoms. The van der Waals surface area contributed by atoms with Crippen molar-refractivity contribution >= 4 is 23.4 Å². The number of ether oxygens (including phenoxy) is 2. The molecule has 0 aliphatic carbocycles. The summed E-state index contributed by atoms with van der Waals surface area (Å²) in [4.78, 5) is 26.5. The lowest BCUT2D eigenvalue weighted by Crippen LogP contribution is -2.33. The van der Waals surface area contributed by atoms with Crippen LogP contribution in [0.3, 0.4) is 0 Å². The smallest absolute Gasteiger partial charge is 0.225 e. The molecule has 0 spiro atoms. The maximum atomic E-state index is 12.5. The molecule has 1 fully saturated rings. The number of carbonyl (C=O) groups excluding carboxylic acids is 2. The molecule has 0 radical (unpaired) electrons. The van der Waals surface area contributed by atoms with Gasteiger partial charge in [-0.15, -0.1) is 0 Å². The summed E-state index contributed by atoms with van der Waals surface area (Å²) in [7, 11) is 3.19. The average Bonchev–Trinajstić information content (AvgIpc) is 3.12. The Balaban J connectivity index is 1.50. The zero-order valence-electron chi connectivity index (χ0n) is 16.6. The Bertz CT molecular complexity index is 870. The zero-order chi connectivity index (χ0) is 20.8. The molecule has 1 aliphatic rings. The van der Waals surface area contributed by atoms with Gasteiger partial charge in [0.2, 0.25) is 11.8 Å². The van der Waals surface area contributed by atoms with E-state index in [9.17, 15) is 9.59 Å². The normalized spacial score (nSPS) is 16.0. The molecule has 0 bridgehead atoms. The van der Waals surface area contributed by atoms with Crippen LogP contribution in [-0.2, 0) is 22.6 Å². The molecule has 1 heterocycles. The number of nitrogens with one attached hydrogen (secondary N) is 1. The van der Waals surface area contributed by atoms with Crippen molar-refractivity contribution in [3.8, 4) is 11.5 Å². The monoisotopic (exact) mass is 416 g/mol. The van der Waals surface area contributed by atoms with Crippen molar-refractivity contribution in [3.05, 3.63) is 58.6 Å². The minimum Gasteiger partial charge on any atom is -0.493 e. The number of halogens is 1. The van der Waals surface area contributed by atoms with E-state index in [0.717, 1.165) is 11.1 Å². The van der Waals surface area contributed by atoms with Crippen LogP contribution in [0.25, 0.3) is 0 Å². The highest BCUT2D eigenvalue weighted by molar-refractivity contribution is 6.30. The Hall–Kier alpha value is -2.73. The lowest BCUT2D eigenvalue weighted by molar-refractivity contribution is -0.129. The molecular formula is C22H25ClN2O4. The number of amides is 2. The van der Waals surface area contributed by atoms with Crippen LogP contribution >= 0.6 is 11.6 Å². The topological polar surface area (TPSA) is 67.9 Å². The third-order valence-electron chi connectivity index (χ3n) is 5.08. The number of methoxy groups -OCH3 is 2. The molecule has 2 aromatic rings. The highest BCUT2D eigenvalue weighted by Crippen LogP contribution is 2.28. The highest BCUT2D eigenvalue weighted by Gasteiger charge is 2.33. The lowest BCUT2D eigenvalue weighted by Gasteiger charge is -2.17. The Labute approximate surface area is 175 Å². The van der Waals surface area contributed by atoms with Gasteiger partial charge in [-0.05, 0) is 41.8 Å². The van der Waals surface area contributed by atoms with E-state index in [4.69, 9.17) is 21.1 Å². The molecule has 1 atom stereocenters. The largest absolute Gasteiger partial charge is 0.493 e. The maximum Gasteiger partial charge on any atom is 0.225 e. The molecule has 1 N–H and O–H groups in total. The van der Waals surface area contributed by atoms with E-state index in [2.05, 4.69) is 5.32 Å². The summed E-state index contributed by atoms with van der Waals surface area (Å²) in [6, 6.07) is 13.0. The first-order valence-corrected chi connectivity index (χ1v) is 9.88. The van der Waals surface area contributed by atoms with Crippen LogP contribution in [0.1, 0.15) is 17.5 Å². The van der Waals surface area contributed by atoms with Gasteiger partial charge in [0.25, 0.3) is 0 Å². The predicted octanol–water partition coefficient (Wildman–Crippen LogP) is 3.06. The number of carbonyl (C=O) groups is 2. The van der Waals surface area contributed by atoms with Gasteiger partial charge in [-0.3, -0.25) is 9.59 Å². The zero-order valence-corrected chi connectivity index (χ0v) is 17.4. The molecule has 154 valence electrons. The molecule has 1 aliphatic heterocycles. The van der Waals surface area contributed by atoms with E-state index in [1.165, 1.54) is 0 Å². The summed E-state index contributed by atoms with van der Waals surface area (Å²) in [6.07, 6.45) is 0.934. The van der Waals surface area contributed by atoms with Crippen molar-refractivity contribution in [2.24, 2.45) is 5.92 Å². The van der Waals surface area contributed by atoms with E-state index in [0.29, 0.717) is 42.6 Å². The fraction of sp³-hybridized carbons (Fsp3) is 0.364. The first-order valence-electron chi connectivity index (χ1n) is 9.51. The van der Waals surface area contributed by atoms with Crippen molar-refractivity contribution in [3.63, 3.8) is 0 Å². The van der Waals surface area contributed by atoms with Crippen molar-refractivity contribution < 1.29 is 19.1 Å². The summed E-state index contributed by atoms with van der Waals surface area (Å²) in [5, 5.41) is 3.57. The van der Waals surface area contributed by atoms with Gasteiger partial charge in [-0.2, -0.15) is 0 Å². The van der Waals surface area contributed by atoms with Gasteiger partial charge in [0.1, 0.15) is 0 Å². The second kappa shape index (κ2) is 9.65. The van der Waals surface area contributed by atoms with Gasteiger partial charge in [0.05, 0.1) is 20.1 Å². The minimum atomic E-state index is -0.319. The van der Waals surface area contributed by atoms with Crippen molar-refractivity contribution in [2.75, 3.05) is 27.3 Å². The van der Waals surface area contributed by atoms with E-state index in [-0.39, 0.29) is 24.2 Å². The number of hydrogen-bond donors (Lipinski definition) is 1. The van der Waals surface area contributed by atoms with Gasteiger partial charge in [0.15, 0.2) is 11.5 Å². The van der Waals surface area contributed by atoms with Crippen LogP contribution in [-0.4, -0.2) is 44.0 Å². The van der Waals surface area contributed by atoms with Crippen molar-refractivity contribution in [2.45, 2.75) is 19.4 Å². The molecule has 0 unspecified atom stereocenters. The van der Waals surface area contributed by atoms with Gasteiger partial charge in [0, 0.05) is 31.1 Å². The van der Waals surface area contributed by atoms with Gasteiger partial charge < -0.3 is 19.7 Å². The van der Waals surface area contributed by atoms with Gasteiger partial charge >= 0.3 is 0 Å². The number of likely N-dealkylation sites (tertiary alicyclic amines) is 1. The molecule has 2 aromatic carbocycles. The van der Waals surface area contributed by atoms with Crippen LogP contribution in [0.4, 0.5) is 0 Å². The van der Waals surface area contributed by atoms with Gasteiger partial charge in [-0.25, -0.2) is 0 Å². The number of benzene rings is 2. The van der Waals surface area contributed by atoms with Crippen LogP contribution in [0.15, 0.2) is 42.5 Å². The Morgan fingerprint density at radius 3 is 2.48 bits per heavy atom. The molecule has 6 nitrogen and oxygen atoms in total. The van der Waals surface area contributed by atoms with Gasteiger partial charge in [-0.1, -0.05) is 29.8 Å². The first kappa shape index (κ1) is 21.0. The van der Waals surface area contributed by atoms with E-state index in [1.54, 1.807) is 31.3 Å². The number of rotatable bonds is 8. The standard InChI is InChI=1S/C22H25ClN2O4/c1-28-19-8-5-15(11-20(19)29-2)9-10-25-14-17(12-21(25)26)22(27)24-13-16-3-6-18(23)7-4-16/h3-8,11,17H,9-10,12-14H2,1-2H3,(H,24,27)/t17-/m0/s1. The Morgan fingerprint density at radius 2 is 1.79 bits per heavy atom. The van der Waals surface area contributed by atoms with Crippen LogP contribution in [0.2, 0.25) is 5.02 Å². The lowest BCUT2D eigenvalue weighted by atomic mass is 10.1. The maximum absolute atomic E-state index is 12.5. The first-order chi connectivity index (χ1) is 14.0. The van der Waals surface area contributed by atoms with E-state index < -0.39 is 0 Å². The Kier molecular flexibility index (Phi) is 6.99. The summed E-state index contributed by atoms with van der Waals surface area (Å²) < 4.78 is 10.6. The number of nitrogens with zero attached hydrogens (tertiary/aromatic N) is 1. The summed E-state index contributed by atoms with van der Waals surface area (Å²) in [5.74, 6) is 0.933. The fourth-order valence-electron chi connectivity index (χ4n) is 3.40. The Morgan fingerprint density at radius 1 is 1.10 bits per heavy atom.